The maximum atomic E-state index is 5.89. The van der Waals surface area contributed by atoms with Crippen molar-refractivity contribution in [3.63, 3.8) is 0 Å². The van der Waals surface area contributed by atoms with Crippen molar-refractivity contribution in [1.82, 2.24) is 19.8 Å². The molecule has 2 aromatic heterocycles. The second-order valence-electron chi connectivity index (χ2n) is 7.03. The van der Waals surface area contributed by atoms with E-state index in [4.69, 9.17) is 21.7 Å². The van der Waals surface area contributed by atoms with Gasteiger partial charge in [0.25, 0.3) is 0 Å². The number of pyridine rings is 1. The topological polar surface area (TPSA) is 51.5 Å². The Hall–Kier alpha value is -1.96. The third kappa shape index (κ3) is 3.85. The number of nitrogens with zero attached hydrogens (tertiary/aromatic N) is 3. The molecular formula is C20H26N4O2S. The van der Waals surface area contributed by atoms with Crippen molar-refractivity contribution in [3.8, 4) is 0 Å². The van der Waals surface area contributed by atoms with E-state index in [9.17, 15) is 0 Å². The first-order chi connectivity index (χ1) is 13.3. The van der Waals surface area contributed by atoms with Gasteiger partial charge < -0.3 is 24.3 Å². The summed E-state index contributed by atoms with van der Waals surface area (Å²) in [4.78, 5) is 6.88. The van der Waals surface area contributed by atoms with Crippen molar-refractivity contribution in [1.29, 1.82) is 0 Å². The smallest absolute Gasteiger partial charge is 0.170 e. The van der Waals surface area contributed by atoms with Gasteiger partial charge in [-0.25, -0.2) is 0 Å². The highest BCUT2D eigenvalue weighted by Gasteiger charge is 2.42. The molecule has 0 aliphatic carbocycles. The van der Waals surface area contributed by atoms with E-state index < -0.39 is 0 Å². The van der Waals surface area contributed by atoms with E-state index in [0.29, 0.717) is 6.61 Å². The zero-order valence-corrected chi connectivity index (χ0v) is 16.4. The average molecular weight is 387 g/mol. The number of methoxy groups -OCH3 is 1. The lowest BCUT2D eigenvalue weighted by molar-refractivity contribution is 0.0831. The highest BCUT2D eigenvalue weighted by atomic mass is 32.1. The van der Waals surface area contributed by atoms with Gasteiger partial charge in [0.15, 0.2) is 5.11 Å². The molecule has 3 atom stereocenters. The van der Waals surface area contributed by atoms with Gasteiger partial charge in [0.2, 0.25) is 0 Å². The molecule has 144 valence electrons. The van der Waals surface area contributed by atoms with Gasteiger partial charge in [0, 0.05) is 44.9 Å². The lowest BCUT2D eigenvalue weighted by Crippen LogP contribution is -2.37. The molecule has 0 bridgehead atoms. The van der Waals surface area contributed by atoms with Crippen molar-refractivity contribution in [2.75, 3.05) is 26.9 Å². The fourth-order valence-corrected chi connectivity index (χ4v) is 4.34. The highest BCUT2D eigenvalue weighted by Crippen LogP contribution is 2.39. The molecule has 4 heterocycles. The molecule has 2 aromatic rings. The summed E-state index contributed by atoms with van der Waals surface area (Å²) in [6, 6.07) is 10.4. The van der Waals surface area contributed by atoms with Crippen LogP contribution in [0.25, 0.3) is 0 Å². The van der Waals surface area contributed by atoms with Crippen LogP contribution in [0.1, 0.15) is 36.3 Å². The zero-order valence-electron chi connectivity index (χ0n) is 15.6. The Morgan fingerprint density at radius 3 is 3.00 bits per heavy atom. The molecule has 2 aliphatic rings. The van der Waals surface area contributed by atoms with Gasteiger partial charge in [-0.2, -0.15) is 0 Å². The van der Waals surface area contributed by atoms with Crippen LogP contribution in [0.4, 0.5) is 0 Å². The standard InChI is InChI=1S/C20H26N4O2S/c1-25-13-11-23-10-4-8-17(23)19-18(16-7-2-3-9-21-16)22-20(27)24(19)14-15-6-5-12-26-15/h2-4,7-10,15,18-19H,5-6,11-14H2,1H3,(H,22,27)/t15-,18+,19+/m0/s1. The average Bonchev–Trinajstić information content (AvgIpc) is 3.42. The molecule has 0 unspecified atom stereocenters. The van der Waals surface area contributed by atoms with Crippen LogP contribution in [0, 0.1) is 0 Å². The lowest BCUT2D eigenvalue weighted by atomic mass is 10.0. The summed E-state index contributed by atoms with van der Waals surface area (Å²) in [7, 11) is 1.73. The minimum atomic E-state index is 0.0105. The van der Waals surface area contributed by atoms with Gasteiger partial charge in [-0.15, -0.1) is 0 Å². The first-order valence-corrected chi connectivity index (χ1v) is 9.92. The third-order valence-electron chi connectivity index (χ3n) is 5.33. The van der Waals surface area contributed by atoms with Crippen LogP contribution in [0.2, 0.25) is 0 Å². The summed E-state index contributed by atoms with van der Waals surface area (Å²) in [5.74, 6) is 0. The first-order valence-electron chi connectivity index (χ1n) is 9.51. The Kier molecular flexibility index (Phi) is 5.71. The number of hydrogen-bond acceptors (Lipinski definition) is 4. The van der Waals surface area contributed by atoms with Gasteiger partial charge >= 0.3 is 0 Å². The molecule has 0 amide bonds. The summed E-state index contributed by atoms with van der Waals surface area (Å²) < 4.78 is 13.4. The van der Waals surface area contributed by atoms with Gasteiger partial charge in [0.05, 0.1) is 30.5 Å². The van der Waals surface area contributed by atoms with Crippen LogP contribution in [-0.2, 0) is 16.0 Å². The normalized spacial score (nSPS) is 25.1. The molecule has 0 spiro atoms. The minimum Gasteiger partial charge on any atom is -0.383 e. The second kappa shape index (κ2) is 8.37. The minimum absolute atomic E-state index is 0.0105. The first kappa shape index (κ1) is 18.4. The van der Waals surface area contributed by atoms with Crippen LogP contribution >= 0.6 is 12.2 Å². The fourth-order valence-electron chi connectivity index (χ4n) is 4.02. The number of nitrogens with one attached hydrogen (secondary N) is 1. The molecule has 1 N–H and O–H groups in total. The van der Waals surface area contributed by atoms with E-state index >= 15 is 0 Å². The molecular weight excluding hydrogens is 360 g/mol. The molecule has 4 rings (SSSR count). The van der Waals surface area contributed by atoms with Crippen LogP contribution < -0.4 is 5.32 Å². The lowest BCUT2D eigenvalue weighted by Gasteiger charge is -2.30. The Balaban J connectivity index is 1.67. The SMILES string of the molecule is COCCn1cccc1[C@@H]1[C@@H](c2ccccn2)NC(=S)N1C[C@@H]1CCCO1. The van der Waals surface area contributed by atoms with Crippen molar-refractivity contribution in [2.45, 2.75) is 37.6 Å². The maximum absolute atomic E-state index is 5.89. The van der Waals surface area contributed by atoms with Crippen molar-refractivity contribution >= 4 is 17.3 Å². The summed E-state index contributed by atoms with van der Waals surface area (Å²) >= 11 is 5.73. The summed E-state index contributed by atoms with van der Waals surface area (Å²) in [6.45, 7) is 3.13. The van der Waals surface area contributed by atoms with Crippen LogP contribution in [0.15, 0.2) is 42.7 Å². The van der Waals surface area contributed by atoms with E-state index in [-0.39, 0.29) is 18.2 Å². The Bertz CT molecular complexity index is 760. The van der Waals surface area contributed by atoms with E-state index in [2.05, 4.69) is 44.2 Å². The monoisotopic (exact) mass is 386 g/mol. The highest BCUT2D eigenvalue weighted by molar-refractivity contribution is 7.80. The molecule has 27 heavy (non-hydrogen) atoms. The predicted molar refractivity (Wildman–Crippen MR) is 107 cm³/mol. The van der Waals surface area contributed by atoms with Crippen molar-refractivity contribution in [2.24, 2.45) is 0 Å². The van der Waals surface area contributed by atoms with Crippen molar-refractivity contribution < 1.29 is 9.47 Å². The summed E-state index contributed by atoms with van der Waals surface area (Å²) in [5.41, 5.74) is 2.22. The van der Waals surface area contributed by atoms with E-state index in [1.165, 1.54) is 5.69 Å². The Morgan fingerprint density at radius 2 is 2.26 bits per heavy atom. The molecule has 2 aliphatic heterocycles. The number of aromatic nitrogens is 2. The van der Waals surface area contributed by atoms with Gasteiger partial charge in [-0.05, 0) is 49.3 Å². The number of rotatable bonds is 7. The number of ether oxygens (including phenoxy) is 2. The maximum Gasteiger partial charge on any atom is 0.170 e. The molecule has 0 saturated carbocycles. The zero-order chi connectivity index (χ0) is 18.6. The predicted octanol–water partition coefficient (Wildman–Crippen LogP) is 2.68. The molecule has 7 heteroatoms. The Labute approximate surface area is 165 Å². The van der Waals surface area contributed by atoms with E-state index in [0.717, 1.165) is 43.3 Å². The fraction of sp³-hybridized carbons (Fsp3) is 0.500. The third-order valence-corrected chi connectivity index (χ3v) is 5.68. The molecule has 6 nitrogen and oxygen atoms in total. The van der Waals surface area contributed by atoms with Crippen LogP contribution in [0.3, 0.4) is 0 Å². The van der Waals surface area contributed by atoms with Gasteiger partial charge in [-0.3, -0.25) is 4.98 Å². The van der Waals surface area contributed by atoms with E-state index in [1.54, 1.807) is 7.11 Å². The second-order valence-corrected chi connectivity index (χ2v) is 7.42. The summed E-state index contributed by atoms with van der Waals surface area (Å²) in [5, 5.41) is 4.28. The van der Waals surface area contributed by atoms with Crippen LogP contribution in [-0.4, -0.2) is 52.5 Å². The molecule has 2 saturated heterocycles. The largest absolute Gasteiger partial charge is 0.383 e. The number of thiocarbonyl (C=S) groups is 1. The van der Waals surface area contributed by atoms with E-state index in [1.807, 2.05) is 18.3 Å². The van der Waals surface area contributed by atoms with Gasteiger partial charge in [-0.1, -0.05) is 6.07 Å². The van der Waals surface area contributed by atoms with Crippen molar-refractivity contribution in [3.05, 3.63) is 54.1 Å². The molecule has 0 aromatic carbocycles. The Morgan fingerprint density at radius 1 is 1.33 bits per heavy atom. The quantitative estimate of drug-likeness (QED) is 0.739. The number of hydrogen-bond donors (Lipinski definition) is 1. The van der Waals surface area contributed by atoms with Crippen LogP contribution in [0.5, 0.6) is 0 Å². The summed E-state index contributed by atoms with van der Waals surface area (Å²) in [6.07, 6.45) is 6.39. The molecule has 2 fully saturated rings. The molecule has 0 radical (unpaired) electrons. The van der Waals surface area contributed by atoms with Gasteiger partial charge in [0.1, 0.15) is 0 Å².